The Morgan fingerprint density at radius 1 is 1.32 bits per heavy atom. The van der Waals surface area contributed by atoms with Crippen LogP contribution >= 0.6 is 11.6 Å². The number of anilines is 1. The number of carbonyl (C=O) groups excluding carboxylic acids is 3. The smallest absolute Gasteiger partial charge is 0.310 e. The molecule has 25 heavy (non-hydrogen) atoms. The molecule has 134 valence electrons. The molecule has 1 aromatic rings. The number of hydrogen-bond donors (Lipinski definition) is 0. The van der Waals surface area contributed by atoms with E-state index in [1.165, 1.54) is 4.90 Å². The molecule has 0 bridgehead atoms. The third-order valence-electron chi connectivity index (χ3n) is 4.73. The maximum atomic E-state index is 12.9. The minimum atomic E-state index is -0.541. The van der Waals surface area contributed by atoms with E-state index in [4.69, 9.17) is 16.3 Å². The van der Waals surface area contributed by atoms with Crippen LogP contribution in [-0.2, 0) is 19.1 Å². The second-order valence-electron chi connectivity index (χ2n) is 6.32. The normalized spacial score (nSPS) is 24.6. The molecule has 2 fully saturated rings. The van der Waals surface area contributed by atoms with Crippen molar-refractivity contribution in [3.8, 4) is 0 Å². The zero-order chi connectivity index (χ0) is 18.0. The van der Waals surface area contributed by atoms with Crippen molar-refractivity contribution >= 4 is 35.1 Å². The lowest BCUT2D eigenvalue weighted by Gasteiger charge is -2.34. The van der Waals surface area contributed by atoms with Crippen LogP contribution in [0.3, 0.4) is 0 Å². The van der Waals surface area contributed by atoms with Gasteiger partial charge in [-0.1, -0.05) is 23.7 Å². The summed E-state index contributed by atoms with van der Waals surface area (Å²) in [5, 5.41) is 0.368. The van der Waals surface area contributed by atoms with Crippen molar-refractivity contribution in [3.63, 3.8) is 0 Å². The highest BCUT2D eigenvalue weighted by atomic mass is 35.5. The van der Waals surface area contributed by atoms with Crippen molar-refractivity contribution < 1.29 is 19.1 Å². The molecule has 2 heterocycles. The van der Waals surface area contributed by atoms with E-state index >= 15 is 0 Å². The van der Waals surface area contributed by atoms with E-state index in [1.807, 2.05) is 4.90 Å². The van der Waals surface area contributed by atoms with Crippen LogP contribution in [0.15, 0.2) is 24.3 Å². The Bertz CT molecular complexity index is 693. The Morgan fingerprint density at radius 2 is 2.08 bits per heavy atom. The van der Waals surface area contributed by atoms with Gasteiger partial charge in [0.05, 0.1) is 35.7 Å². The second-order valence-corrected chi connectivity index (χ2v) is 6.73. The zero-order valence-corrected chi connectivity index (χ0v) is 14.9. The quantitative estimate of drug-likeness (QED) is 0.605. The van der Waals surface area contributed by atoms with E-state index in [9.17, 15) is 14.4 Å². The molecule has 2 aliphatic rings. The predicted molar refractivity (Wildman–Crippen MR) is 93.3 cm³/mol. The summed E-state index contributed by atoms with van der Waals surface area (Å²) in [5.41, 5.74) is 0.417. The van der Waals surface area contributed by atoms with E-state index in [-0.39, 0.29) is 30.1 Å². The molecular formula is C18H21ClN2O4. The van der Waals surface area contributed by atoms with Crippen LogP contribution < -0.4 is 4.90 Å². The number of imide groups is 1. The van der Waals surface area contributed by atoms with Gasteiger partial charge in [-0.25, -0.2) is 4.90 Å². The van der Waals surface area contributed by atoms with Gasteiger partial charge in [0.2, 0.25) is 5.91 Å². The first kappa shape index (κ1) is 17.9. The molecule has 1 aromatic carbocycles. The fourth-order valence-electron chi connectivity index (χ4n) is 3.53. The summed E-state index contributed by atoms with van der Waals surface area (Å²) in [6.45, 7) is 3.25. The van der Waals surface area contributed by atoms with Gasteiger partial charge in [0.1, 0.15) is 0 Å². The number of amides is 2. The molecule has 2 saturated heterocycles. The van der Waals surface area contributed by atoms with Crippen LogP contribution in [0.4, 0.5) is 5.69 Å². The highest BCUT2D eigenvalue weighted by Gasteiger charge is 2.45. The molecule has 0 saturated carbocycles. The Labute approximate surface area is 151 Å². The highest BCUT2D eigenvalue weighted by molar-refractivity contribution is 6.36. The Balaban J connectivity index is 1.76. The van der Waals surface area contributed by atoms with Crippen LogP contribution in [0, 0.1) is 5.92 Å². The molecule has 0 unspecified atom stereocenters. The van der Waals surface area contributed by atoms with Crippen LogP contribution in [-0.4, -0.2) is 48.4 Å². The molecule has 3 rings (SSSR count). The van der Waals surface area contributed by atoms with Crippen molar-refractivity contribution in [2.75, 3.05) is 24.6 Å². The Morgan fingerprint density at radius 3 is 2.80 bits per heavy atom. The number of para-hydroxylation sites is 1. The number of likely N-dealkylation sites (tertiary alicyclic amines) is 1. The molecule has 6 nitrogen and oxygen atoms in total. The van der Waals surface area contributed by atoms with Crippen molar-refractivity contribution in [3.05, 3.63) is 29.3 Å². The second kappa shape index (κ2) is 7.54. The van der Waals surface area contributed by atoms with E-state index in [0.29, 0.717) is 30.4 Å². The standard InChI is InChI=1S/C18H21ClN2O4/c1-2-25-18(24)12-6-5-9-20(11-12)15-10-16(22)21(17(15)23)14-8-4-3-7-13(14)19/h3-4,7-8,12,15H,2,5-6,9-11H2,1H3/t12-,15+/m0/s1. The summed E-state index contributed by atoms with van der Waals surface area (Å²) in [6.07, 6.45) is 1.66. The van der Waals surface area contributed by atoms with Gasteiger partial charge in [0.15, 0.2) is 0 Å². The SMILES string of the molecule is CCOC(=O)[C@H]1CCCN([C@@H]2CC(=O)N(c3ccccc3Cl)C2=O)C1. The van der Waals surface area contributed by atoms with Crippen LogP contribution in [0.2, 0.25) is 5.02 Å². The van der Waals surface area contributed by atoms with Gasteiger partial charge in [0.25, 0.3) is 5.91 Å². The van der Waals surface area contributed by atoms with Crippen molar-refractivity contribution in [1.29, 1.82) is 0 Å². The van der Waals surface area contributed by atoms with E-state index in [0.717, 1.165) is 12.8 Å². The molecule has 0 spiro atoms. The van der Waals surface area contributed by atoms with Gasteiger partial charge in [-0.3, -0.25) is 19.3 Å². The fraction of sp³-hybridized carbons (Fsp3) is 0.500. The molecule has 2 amide bonds. The number of benzene rings is 1. The summed E-state index contributed by atoms with van der Waals surface area (Å²) < 4.78 is 5.10. The molecule has 2 aliphatic heterocycles. The van der Waals surface area contributed by atoms with Crippen molar-refractivity contribution in [2.45, 2.75) is 32.2 Å². The van der Waals surface area contributed by atoms with Gasteiger partial charge in [-0.15, -0.1) is 0 Å². The van der Waals surface area contributed by atoms with Crippen LogP contribution in [0.25, 0.3) is 0 Å². The number of carbonyl (C=O) groups is 3. The van der Waals surface area contributed by atoms with Gasteiger partial charge >= 0.3 is 5.97 Å². The van der Waals surface area contributed by atoms with Gasteiger partial charge < -0.3 is 4.74 Å². The number of rotatable bonds is 4. The van der Waals surface area contributed by atoms with Crippen molar-refractivity contribution in [2.24, 2.45) is 5.92 Å². The zero-order valence-electron chi connectivity index (χ0n) is 14.1. The highest BCUT2D eigenvalue weighted by Crippen LogP contribution is 2.32. The summed E-state index contributed by atoms with van der Waals surface area (Å²) in [5.74, 6) is -1.01. The Hall–Kier alpha value is -1.92. The maximum Gasteiger partial charge on any atom is 0.310 e. The molecule has 7 heteroatoms. The largest absolute Gasteiger partial charge is 0.466 e. The Kier molecular flexibility index (Phi) is 5.39. The summed E-state index contributed by atoms with van der Waals surface area (Å²) in [7, 11) is 0. The first-order valence-electron chi connectivity index (χ1n) is 8.55. The topological polar surface area (TPSA) is 66.9 Å². The summed E-state index contributed by atoms with van der Waals surface area (Å²) in [6, 6.07) is 6.28. The lowest BCUT2D eigenvalue weighted by molar-refractivity contribution is -0.150. The molecule has 2 atom stereocenters. The van der Waals surface area contributed by atoms with Gasteiger partial charge in [0, 0.05) is 6.54 Å². The number of hydrogen-bond acceptors (Lipinski definition) is 5. The lowest BCUT2D eigenvalue weighted by atomic mass is 9.96. The van der Waals surface area contributed by atoms with Crippen LogP contribution in [0.1, 0.15) is 26.2 Å². The van der Waals surface area contributed by atoms with Crippen LogP contribution in [0.5, 0.6) is 0 Å². The average molecular weight is 365 g/mol. The summed E-state index contributed by atoms with van der Waals surface area (Å²) >= 11 is 6.15. The van der Waals surface area contributed by atoms with Crippen molar-refractivity contribution in [1.82, 2.24) is 4.90 Å². The molecule has 0 N–H and O–H groups in total. The first-order valence-corrected chi connectivity index (χ1v) is 8.92. The third-order valence-corrected chi connectivity index (χ3v) is 5.05. The minimum absolute atomic E-state index is 0.111. The molecule has 0 radical (unpaired) electrons. The van der Waals surface area contributed by atoms with Gasteiger partial charge in [-0.05, 0) is 38.4 Å². The average Bonchev–Trinajstić information content (AvgIpc) is 2.90. The lowest BCUT2D eigenvalue weighted by Crippen LogP contribution is -2.48. The molecule has 0 aliphatic carbocycles. The third kappa shape index (κ3) is 3.55. The minimum Gasteiger partial charge on any atom is -0.466 e. The fourth-order valence-corrected chi connectivity index (χ4v) is 3.75. The molecule has 0 aromatic heterocycles. The number of nitrogens with zero attached hydrogens (tertiary/aromatic N) is 2. The summed E-state index contributed by atoms with van der Waals surface area (Å²) in [4.78, 5) is 40.4. The van der Waals surface area contributed by atoms with E-state index in [2.05, 4.69) is 0 Å². The van der Waals surface area contributed by atoms with E-state index < -0.39 is 6.04 Å². The first-order chi connectivity index (χ1) is 12.0. The number of halogens is 1. The number of piperidine rings is 1. The monoisotopic (exact) mass is 364 g/mol. The number of ether oxygens (including phenoxy) is 1. The maximum absolute atomic E-state index is 12.9. The van der Waals surface area contributed by atoms with Gasteiger partial charge in [-0.2, -0.15) is 0 Å². The van der Waals surface area contributed by atoms with E-state index in [1.54, 1.807) is 31.2 Å². The number of esters is 1. The molecular weight excluding hydrogens is 344 g/mol. The predicted octanol–water partition coefficient (Wildman–Crippen LogP) is 2.25.